The van der Waals surface area contributed by atoms with Gasteiger partial charge in [0, 0.05) is 17.6 Å². The summed E-state index contributed by atoms with van der Waals surface area (Å²) >= 11 is 0. The Hall–Kier alpha value is -2.48. The van der Waals surface area contributed by atoms with Crippen LogP contribution in [0.2, 0.25) is 0 Å². The van der Waals surface area contributed by atoms with E-state index in [2.05, 4.69) is 54.3 Å². The van der Waals surface area contributed by atoms with E-state index in [4.69, 9.17) is 4.74 Å². The lowest BCUT2D eigenvalue weighted by Crippen LogP contribution is -2.28. The van der Waals surface area contributed by atoms with Crippen molar-refractivity contribution < 1.29 is 4.74 Å². The standard InChI is InChI=1S/C20H21NO/c1-2-21(15-16-22-18-11-4-3-5-12-18)20-14-8-10-17-9-6-7-13-19(17)20/h3-14H,2,15-16H2,1H3. The van der Waals surface area contributed by atoms with Crippen molar-refractivity contribution in [1.82, 2.24) is 0 Å². The highest BCUT2D eigenvalue weighted by atomic mass is 16.5. The summed E-state index contributed by atoms with van der Waals surface area (Å²) in [5.41, 5.74) is 1.28. The minimum Gasteiger partial charge on any atom is -0.492 e. The molecule has 3 aromatic rings. The molecule has 2 heteroatoms. The topological polar surface area (TPSA) is 12.5 Å². The zero-order valence-electron chi connectivity index (χ0n) is 12.9. The van der Waals surface area contributed by atoms with Gasteiger partial charge < -0.3 is 9.64 Å². The summed E-state index contributed by atoms with van der Waals surface area (Å²) in [5.74, 6) is 0.927. The average molecular weight is 291 g/mol. The Bertz CT molecular complexity index is 719. The Morgan fingerprint density at radius 2 is 1.55 bits per heavy atom. The molecule has 3 rings (SSSR count). The summed E-state index contributed by atoms with van der Waals surface area (Å²) in [6.45, 7) is 4.71. The third-order valence-electron chi connectivity index (χ3n) is 3.86. The first-order chi connectivity index (χ1) is 10.9. The van der Waals surface area contributed by atoms with E-state index in [1.807, 2.05) is 30.3 Å². The molecule has 0 radical (unpaired) electrons. The summed E-state index contributed by atoms with van der Waals surface area (Å²) in [7, 11) is 0. The molecule has 0 atom stereocenters. The van der Waals surface area contributed by atoms with Gasteiger partial charge in [0.1, 0.15) is 12.4 Å². The fourth-order valence-electron chi connectivity index (χ4n) is 2.72. The quantitative estimate of drug-likeness (QED) is 0.650. The fraction of sp³-hybridized carbons (Fsp3) is 0.200. The molecule has 0 N–H and O–H groups in total. The molecule has 0 aliphatic carbocycles. The predicted octanol–water partition coefficient (Wildman–Crippen LogP) is 4.75. The number of nitrogens with zero attached hydrogens (tertiary/aromatic N) is 1. The summed E-state index contributed by atoms with van der Waals surface area (Å²) in [5, 5.41) is 2.58. The fourth-order valence-corrected chi connectivity index (χ4v) is 2.72. The molecule has 0 saturated carbocycles. The lowest BCUT2D eigenvalue weighted by Gasteiger charge is -2.24. The summed E-state index contributed by atoms with van der Waals surface area (Å²) in [4.78, 5) is 2.37. The van der Waals surface area contributed by atoms with Crippen LogP contribution in [0.25, 0.3) is 10.8 Å². The van der Waals surface area contributed by atoms with E-state index in [1.54, 1.807) is 0 Å². The van der Waals surface area contributed by atoms with Crippen molar-refractivity contribution in [3.8, 4) is 5.75 Å². The van der Waals surface area contributed by atoms with Gasteiger partial charge in [0.2, 0.25) is 0 Å². The van der Waals surface area contributed by atoms with E-state index in [-0.39, 0.29) is 0 Å². The summed E-state index contributed by atoms with van der Waals surface area (Å²) in [6, 6.07) is 25.0. The van der Waals surface area contributed by atoms with Crippen molar-refractivity contribution in [3.63, 3.8) is 0 Å². The molecule has 0 spiro atoms. The molecule has 0 unspecified atom stereocenters. The summed E-state index contributed by atoms with van der Waals surface area (Å²) < 4.78 is 5.83. The summed E-state index contributed by atoms with van der Waals surface area (Å²) in [6.07, 6.45) is 0. The molecule has 22 heavy (non-hydrogen) atoms. The average Bonchev–Trinajstić information content (AvgIpc) is 2.59. The van der Waals surface area contributed by atoms with Crippen LogP contribution in [0, 0.1) is 0 Å². The predicted molar refractivity (Wildman–Crippen MR) is 93.8 cm³/mol. The number of anilines is 1. The second-order valence-corrected chi connectivity index (χ2v) is 5.24. The smallest absolute Gasteiger partial charge is 0.119 e. The lowest BCUT2D eigenvalue weighted by atomic mass is 10.1. The second-order valence-electron chi connectivity index (χ2n) is 5.24. The third kappa shape index (κ3) is 3.22. The van der Waals surface area contributed by atoms with E-state index >= 15 is 0 Å². The minimum absolute atomic E-state index is 0.682. The Labute approximate surface area is 132 Å². The number of para-hydroxylation sites is 1. The molecule has 0 aromatic heterocycles. The van der Waals surface area contributed by atoms with Crippen molar-refractivity contribution in [2.45, 2.75) is 6.92 Å². The van der Waals surface area contributed by atoms with Crippen LogP contribution in [0.5, 0.6) is 5.75 Å². The van der Waals surface area contributed by atoms with Crippen LogP contribution in [-0.4, -0.2) is 19.7 Å². The van der Waals surface area contributed by atoms with E-state index in [0.29, 0.717) is 6.61 Å². The number of likely N-dealkylation sites (N-methyl/N-ethyl adjacent to an activating group) is 1. The molecule has 0 heterocycles. The maximum absolute atomic E-state index is 5.83. The SMILES string of the molecule is CCN(CCOc1ccccc1)c1cccc2ccccc12. The van der Waals surface area contributed by atoms with Gasteiger partial charge in [0.15, 0.2) is 0 Å². The molecule has 3 aromatic carbocycles. The first-order valence-electron chi connectivity index (χ1n) is 7.79. The van der Waals surface area contributed by atoms with E-state index in [0.717, 1.165) is 18.8 Å². The van der Waals surface area contributed by atoms with Gasteiger partial charge in [-0.3, -0.25) is 0 Å². The maximum atomic E-state index is 5.83. The van der Waals surface area contributed by atoms with Crippen LogP contribution >= 0.6 is 0 Å². The van der Waals surface area contributed by atoms with Gasteiger partial charge >= 0.3 is 0 Å². The van der Waals surface area contributed by atoms with Crippen LogP contribution in [0.3, 0.4) is 0 Å². The Kier molecular flexibility index (Phi) is 4.59. The van der Waals surface area contributed by atoms with E-state index < -0.39 is 0 Å². The van der Waals surface area contributed by atoms with Crippen molar-refractivity contribution in [3.05, 3.63) is 72.8 Å². The van der Waals surface area contributed by atoms with Crippen LogP contribution < -0.4 is 9.64 Å². The van der Waals surface area contributed by atoms with Crippen molar-refractivity contribution in [1.29, 1.82) is 0 Å². The molecule has 0 amide bonds. The van der Waals surface area contributed by atoms with Crippen LogP contribution in [0.4, 0.5) is 5.69 Å². The molecule has 112 valence electrons. The van der Waals surface area contributed by atoms with Gasteiger partial charge in [0.25, 0.3) is 0 Å². The highest BCUT2D eigenvalue weighted by Gasteiger charge is 2.08. The molecule has 0 aliphatic rings. The molecule has 0 fully saturated rings. The zero-order chi connectivity index (χ0) is 15.2. The Balaban J connectivity index is 1.73. The number of hydrogen-bond acceptors (Lipinski definition) is 2. The first-order valence-corrected chi connectivity index (χ1v) is 7.79. The molecular weight excluding hydrogens is 270 g/mol. The molecule has 0 bridgehead atoms. The number of ether oxygens (including phenoxy) is 1. The normalized spacial score (nSPS) is 10.6. The lowest BCUT2D eigenvalue weighted by molar-refractivity contribution is 0.324. The largest absolute Gasteiger partial charge is 0.492 e. The van der Waals surface area contributed by atoms with E-state index in [9.17, 15) is 0 Å². The molecule has 0 aliphatic heterocycles. The van der Waals surface area contributed by atoms with Crippen LogP contribution in [0.1, 0.15) is 6.92 Å². The molecular formula is C20H21NO. The number of hydrogen-bond donors (Lipinski definition) is 0. The van der Waals surface area contributed by atoms with Gasteiger partial charge in [0.05, 0.1) is 6.54 Å². The van der Waals surface area contributed by atoms with Crippen LogP contribution in [-0.2, 0) is 0 Å². The van der Waals surface area contributed by atoms with Gasteiger partial charge in [-0.05, 0) is 30.5 Å². The van der Waals surface area contributed by atoms with Crippen molar-refractivity contribution >= 4 is 16.5 Å². The molecule has 2 nitrogen and oxygen atoms in total. The number of rotatable bonds is 6. The maximum Gasteiger partial charge on any atom is 0.119 e. The Morgan fingerprint density at radius 1 is 0.818 bits per heavy atom. The highest BCUT2D eigenvalue weighted by Crippen LogP contribution is 2.26. The van der Waals surface area contributed by atoms with Crippen molar-refractivity contribution in [2.75, 3.05) is 24.6 Å². The first kappa shape index (κ1) is 14.5. The van der Waals surface area contributed by atoms with Gasteiger partial charge in [-0.25, -0.2) is 0 Å². The third-order valence-corrected chi connectivity index (χ3v) is 3.86. The number of benzene rings is 3. The van der Waals surface area contributed by atoms with Crippen molar-refractivity contribution in [2.24, 2.45) is 0 Å². The Morgan fingerprint density at radius 3 is 2.36 bits per heavy atom. The minimum atomic E-state index is 0.682. The molecule has 0 saturated heterocycles. The zero-order valence-corrected chi connectivity index (χ0v) is 12.9. The van der Waals surface area contributed by atoms with E-state index in [1.165, 1.54) is 16.5 Å². The monoisotopic (exact) mass is 291 g/mol. The van der Waals surface area contributed by atoms with Gasteiger partial charge in [-0.2, -0.15) is 0 Å². The second kappa shape index (κ2) is 6.99. The van der Waals surface area contributed by atoms with Gasteiger partial charge in [-0.1, -0.05) is 54.6 Å². The number of fused-ring (bicyclic) bond motifs is 1. The van der Waals surface area contributed by atoms with Gasteiger partial charge in [-0.15, -0.1) is 0 Å². The van der Waals surface area contributed by atoms with Crippen LogP contribution in [0.15, 0.2) is 72.8 Å². The highest BCUT2D eigenvalue weighted by molar-refractivity contribution is 5.94.